The smallest absolute Gasteiger partial charge is 0.247 e. The number of ether oxygens (including phenoxy) is 1. The second kappa shape index (κ2) is 12.8. The molecule has 9 nitrogen and oxygen atoms in total. The van der Waals surface area contributed by atoms with Gasteiger partial charge in [0.15, 0.2) is 0 Å². The number of fused-ring (bicyclic) bond motifs is 1. The van der Waals surface area contributed by atoms with Crippen molar-refractivity contribution in [3.63, 3.8) is 0 Å². The number of benzene rings is 3. The fourth-order valence-electron chi connectivity index (χ4n) is 6.39. The molecule has 12 heteroatoms. The molecule has 2 heterocycles. The van der Waals surface area contributed by atoms with Gasteiger partial charge < -0.3 is 9.64 Å². The zero-order valence-corrected chi connectivity index (χ0v) is 29.8. The molecule has 5 rings (SSSR count). The van der Waals surface area contributed by atoms with Crippen LogP contribution in [0.2, 0.25) is 0 Å². The van der Waals surface area contributed by atoms with Crippen LogP contribution < -0.4 is 4.74 Å². The maximum atomic E-state index is 14.3. The lowest BCUT2D eigenvalue weighted by Gasteiger charge is -2.40. The summed E-state index contributed by atoms with van der Waals surface area (Å²) in [5.41, 5.74) is 6.25. The van der Waals surface area contributed by atoms with Crippen molar-refractivity contribution in [2.75, 3.05) is 32.8 Å². The molecule has 0 bridgehead atoms. The molecule has 0 saturated carbocycles. The van der Waals surface area contributed by atoms with E-state index < -0.39 is 26.1 Å². The van der Waals surface area contributed by atoms with Gasteiger partial charge in [-0.3, -0.25) is 4.79 Å². The van der Waals surface area contributed by atoms with Gasteiger partial charge in [0.05, 0.1) is 11.5 Å². The highest BCUT2D eigenvalue weighted by molar-refractivity contribution is 9.10. The largest absolute Gasteiger partial charge is 0.492 e. The zero-order chi connectivity index (χ0) is 32.8. The van der Waals surface area contributed by atoms with Crippen molar-refractivity contribution in [1.82, 2.24) is 13.5 Å². The van der Waals surface area contributed by atoms with E-state index in [9.17, 15) is 21.6 Å². The summed E-state index contributed by atoms with van der Waals surface area (Å²) in [7, 11) is -7.99. The molecule has 0 N–H and O–H groups in total. The summed E-state index contributed by atoms with van der Waals surface area (Å²) in [6, 6.07) is 11.4. The molecule has 0 spiro atoms. The first kappa shape index (κ1) is 33.6. The zero-order valence-electron chi connectivity index (χ0n) is 26.6. The molecule has 1 fully saturated rings. The molecule has 45 heavy (non-hydrogen) atoms. The third kappa shape index (κ3) is 6.07. The molecule has 0 aromatic heterocycles. The minimum absolute atomic E-state index is 0.0127. The Bertz CT molecular complexity index is 1840. The lowest BCUT2D eigenvalue weighted by atomic mass is 9.95. The Labute approximate surface area is 275 Å². The molecule has 2 aliphatic heterocycles. The van der Waals surface area contributed by atoms with E-state index in [4.69, 9.17) is 4.74 Å². The second-order valence-electron chi connectivity index (χ2n) is 11.7. The van der Waals surface area contributed by atoms with E-state index in [1.54, 1.807) is 24.0 Å². The Hall–Kier alpha value is -2.77. The summed E-state index contributed by atoms with van der Waals surface area (Å²) in [4.78, 5) is 16.1. The van der Waals surface area contributed by atoms with Gasteiger partial charge in [-0.25, -0.2) is 16.8 Å². The maximum Gasteiger partial charge on any atom is 0.247 e. The molecular formula is C33H40BrN3O6S2. The predicted molar refractivity (Wildman–Crippen MR) is 177 cm³/mol. The SMILES string of the molecule is CCOc1ccc(Br)cc1S(=O)(=O)N1Cc2ccccc2CC1C(=O)N1CCN(S(=O)(=O)c2c(C)c(C)c(C)c(C)c2C)CC1. The summed E-state index contributed by atoms with van der Waals surface area (Å²) < 4.78 is 65.4. The maximum absolute atomic E-state index is 14.3. The summed E-state index contributed by atoms with van der Waals surface area (Å²) >= 11 is 3.39. The molecule has 1 atom stereocenters. The highest BCUT2D eigenvalue weighted by Crippen LogP contribution is 2.36. The normalized spacial score (nSPS) is 18.1. The number of sulfonamides is 2. The van der Waals surface area contributed by atoms with Crippen LogP contribution in [0.1, 0.15) is 45.9 Å². The van der Waals surface area contributed by atoms with Gasteiger partial charge in [0.2, 0.25) is 26.0 Å². The minimum Gasteiger partial charge on any atom is -0.492 e. The number of carbonyl (C=O) groups excluding carboxylic acids is 1. The van der Waals surface area contributed by atoms with E-state index in [1.807, 2.05) is 58.9 Å². The van der Waals surface area contributed by atoms with Gasteiger partial charge in [0, 0.05) is 37.2 Å². The minimum atomic E-state index is -4.18. The van der Waals surface area contributed by atoms with Gasteiger partial charge >= 0.3 is 0 Å². The fraction of sp³-hybridized carbons (Fsp3) is 0.424. The van der Waals surface area contributed by atoms with E-state index >= 15 is 0 Å². The Morgan fingerprint density at radius 3 is 2.00 bits per heavy atom. The van der Waals surface area contributed by atoms with Gasteiger partial charge in [0.1, 0.15) is 16.7 Å². The summed E-state index contributed by atoms with van der Waals surface area (Å²) in [6.07, 6.45) is 0.213. The lowest BCUT2D eigenvalue weighted by molar-refractivity contribution is -0.137. The number of hydrogen-bond donors (Lipinski definition) is 0. The van der Waals surface area contributed by atoms with Gasteiger partial charge in [-0.05, 0) is 105 Å². The Morgan fingerprint density at radius 2 is 1.40 bits per heavy atom. The van der Waals surface area contributed by atoms with Crippen LogP contribution in [0.25, 0.3) is 0 Å². The monoisotopic (exact) mass is 717 g/mol. The molecule has 0 aliphatic carbocycles. The lowest BCUT2D eigenvalue weighted by Crippen LogP contribution is -2.58. The molecule has 3 aromatic carbocycles. The van der Waals surface area contributed by atoms with Crippen LogP contribution in [0.5, 0.6) is 5.75 Å². The van der Waals surface area contributed by atoms with Crippen molar-refractivity contribution < 1.29 is 26.4 Å². The van der Waals surface area contributed by atoms with Gasteiger partial charge in [-0.1, -0.05) is 40.2 Å². The van der Waals surface area contributed by atoms with Crippen LogP contribution in [0.4, 0.5) is 0 Å². The average molecular weight is 719 g/mol. The molecule has 1 unspecified atom stereocenters. The summed E-state index contributed by atoms with van der Waals surface area (Å²) in [5.74, 6) is -0.121. The molecule has 0 radical (unpaired) electrons. The Kier molecular flexibility index (Phi) is 9.55. The van der Waals surface area contributed by atoms with E-state index in [2.05, 4.69) is 15.9 Å². The van der Waals surface area contributed by atoms with Crippen molar-refractivity contribution in [1.29, 1.82) is 0 Å². The molecule has 1 saturated heterocycles. The third-order valence-electron chi connectivity index (χ3n) is 9.36. The van der Waals surface area contributed by atoms with Crippen LogP contribution in [-0.4, -0.2) is 75.1 Å². The molecular weight excluding hydrogens is 678 g/mol. The molecule has 1 amide bonds. The van der Waals surface area contributed by atoms with Crippen molar-refractivity contribution in [2.45, 2.75) is 70.3 Å². The Morgan fingerprint density at radius 1 is 0.822 bits per heavy atom. The van der Waals surface area contributed by atoms with Crippen molar-refractivity contribution in [3.05, 3.63) is 85.9 Å². The number of piperazine rings is 1. The average Bonchev–Trinajstić information content (AvgIpc) is 3.02. The van der Waals surface area contributed by atoms with Crippen LogP contribution in [0, 0.1) is 34.6 Å². The first-order valence-corrected chi connectivity index (χ1v) is 18.7. The highest BCUT2D eigenvalue weighted by Gasteiger charge is 2.43. The third-order valence-corrected chi connectivity index (χ3v) is 13.9. The van der Waals surface area contributed by atoms with E-state index in [0.717, 1.165) is 38.9 Å². The standard InChI is InChI=1S/C33H40BrN3O6S2/c1-7-43-30-13-12-28(34)19-31(30)44(39,40)37-20-27-11-9-8-10-26(27)18-29(37)33(38)35-14-16-36(17-15-35)45(41,42)32-24(5)22(3)21(2)23(4)25(32)6/h8-13,19,29H,7,14-18,20H2,1-6H3. The number of halogens is 1. The number of carbonyl (C=O) groups is 1. The first-order chi connectivity index (χ1) is 21.2. The van der Waals surface area contributed by atoms with Crippen LogP contribution in [-0.2, 0) is 37.8 Å². The van der Waals surface area contributed by atoms with E-state index in [0.29, 0.717) is 9.37 Å². The summed E-state index contributed by atoms with van der Waals surface area (Å²) in [5, 5.41) is 0. The van der Waals surface area contributed by atoms with Crippen molar-refractivity contribution >= 4 is 41.9 Å². The van der Waals surface area contributed by atoms with E-state index in [1.165, 1.54) is 14.7 Å². The summed E-state index contributed by atoms with van der Waals surface area (Å²) in [6.45, 7) is 12.2. The number of nitrogens with zero attached hydrogens (tertiary/aromatic N) is 3. The molecule has 2 aliphatic rings. The second-order valence-corrected chi connectivity index (χ2v) is 16.4. The number of rotatable bonds is 7. The first-order valence-electron chi connectivity index (χ1n) is 15.1. The van der Waals surface area contributed by atoms with Crippen LogP contribution in [0.15, 0.2) is 56.7 Å². The number of hydrogen-bond acceptors (Lipinski definition) is 6. The van der Waals surface area contributed by atoms with Gasteiger partial charge in [-0.15, -0.1) is 0 Å². The van der Waals surface area contributed by atoms with Crippen molar-refractivity contribution in [2.24, 2.45) is 0 Å². The predicted octanol–water partition coefficient (Wildman–Crippen LogP) is 5.04. The van der Waals surface area contributed by atoms with Gasteiger partial charge in [-0.2, -0.15) is 8.61 Å². The topological polar surface area (TPSA) is 104 Å². The highest BCUT2D eigenvalue weighted by atomic mass is 79.9. The Balaban J connectivity index is 1.44. The van der Waals surface area contributed by atoms with E-state index in [-0.39, 0.29) is 62.3 Å². The number of amides is 1. The quantitative estimate of drug-likeness (QED) is 0.340. The van der Waals surface area contributed by atoms with Gasteiger partial charge in [0.25, 0.3) is 0 Å². The van der Waals surface area contributed by atoms with Crippen LogP contribution >= 0.6 is 15.9 Å². The van der Waals surface area contributed by atoms with Crippen LogP contribution in [0.3, 0.4) is 0 Å². The van der Waals surface area contributed by atoms with Crippen molar-refractivity contribution in [3.8, 4) is 5.75 Å². The molecule has 242 valence electrons. The fourth-order valence-corrected chi connectivity index (χ4v) is 10.6. The molecule has 3 aromatic rings.